The molecule has 1 heterocycles. The summed E-state index contributed by atoms with van der Waals surface area (Å²) in [4.78, 5) is 25.6. The molecule has 3 aromatic rings. The second kappa shape index (κ2) is 6.77. The maximum absolute atomic E-state index is 12.8. The van der Waals surface area contributed by atoms with Crippen molar-refractivity contribution in [2.75, 3.05) is 5.32 Å². The average Bonchev–Trinajstić information content (AvgIpc) is 2.59. The Bertz CT molecular complexity index is 1030. The van der Waals surface area contributed by atoms with Gasteiger partial charge in [0.15, 0.2) is 0 Å². The van der Waals surface area contributed by atoms with Gasteiger partial charge in [-0.1, -0.05) is 42.0 Å². The van der Waals surface area contributed by atoms with E-state index in [1.54, 1.807) is 18.2 Å². The second-order valence-corrected chi connectivity index (χ2v) is 6.09. The predicted octanol–water partition coefficient (Wildman–Crippen LogP) is 4.06. The highest BCUT2D eigenvalue weighted by Crippen LogP contribution is 2.18. The summed E-state index contributed by atoms with van der Waals surface area (Å²) >= 11 is 0. The van der Waals surface area contributed by atoms with E-state index < -0.39 is 0 Å². The number of nitrogens with one attached hydrogen (secondary N) is 1. The minimum absolute atomic E-state index is 0.191. The van der Waals surface area contributed by atoms with Gasteiger partial charge in [-0.15, -0.1) is 6.58 Å². The summed E-state index contributed by atoms with van der Waals surface area (Å²) in [6, 6.07) is 14.8. The predicted molar refractivity (Wildman–Crippen MR) is 102 cm³/mol. The fourth-order valence-corrected chi connectivity index (χ4v) is 2.94. The zero-order chi connectivity index (χ0) is 18.0. The Hall–Kier alpha value is -3.14. The molecule has 0 saturated carbocycles. The van der Waals surface area contributed by atoms with Crippen molar-refractivity contribution in [2.24, 2.45) is 0 Å². The number of carbonyl (C=O) groups excluding carboxylic acids is 1. The summed E-state index contributed by atoms with van der Waals surface area (Å²) in [5.41, 5.74) is 2.98. The number of carbonyl (C=O) groups is 1. The molecule has 1 amide bonds. The van der Waals surface area contributed by atoms with Crippen LogP contribution in [0.15, 0.2) is 66.0 Å². The molecule has 1 aromatic heterocycles. The number of aryl methyl sites for hydroxylation is 2. The van der Waals surface area contributed by atoms with Gasteiger partial charge in [0.05, 0.1) is 0 Å². The first kappa shape index (κ1) is 16.7. The van der Waals surface area contributed by atoms with Gasteiger partial charge in [-0.05, 0) is 43.0 Å². The molecule has 0 aliphatic rings. The van der Waals surface area contributed by atoms with E-state index in [2.05, 4.69) is 11.9 Å². The van der Waals surface area contributed by atoms with E-state index in [1.807, 2.05) is 50.2 Å². The minimum atomic E-state index is -0.309. The van der Waals surface area contributed by atoms with Crippen LogP contribution < -0.4 is 10.9 Å². The molecule has 0 aliphatic carbocycles. The van der Waals surface area contributed by atoms with Crippen LogP contribution in [0.5, 0.6) is 0 Å². The number of rotatable bonds is 4. The Labute approximate surface area is 146 Å². The van der Waals surface area contributed by atoms with E-state index in [1.165, 1.54) is 4.57 Å². The lowest BCUT2D eigenvalue weighted by Gasteiger charge is -2.14. The van der Waals surface area contributed by atoms with Crippen LogP contribution in [-0.4, -0.2) is 10.5 Å². The summed E-state index contributed by atoms with van der Waals surface area (Å²) in [7, 11) is 0. The van der Waals surface area contributed by atoms with Crippen LogP contribution in [0.1, 0.15) is 21.6 Å². The molecular weight excluding hydrogens is 312 g/mol. The third kappa shape index (κ3) is 3.24. The highest BCUT2D eigenvalue weighted by Gasteiger charge is 2.15. The van der Waals surface area contributed by atoms with Gasteiger partial charge in [0.25, 0.3) is 11.5 Å². The Kier molecular flexibility index (Phi) is 4.52. The van der Waals surface area contributed by atoms with Crippen LogP contribution in [-0.2, 0) is 6.54 Å². The molecule has 0 atom stereocenters. The van der Waals surface area contributed by atoms with Crippen molar-refractivity contribution < 1.29 is 4.79 Å². The molecule has 4 heteroatoms. The number of pyridine rings is 1. The van der Waals surface area contributed by atoms with Crippen molar-refractivity contribution in [3.8, 4) is 0 Å². The molecule has 2 aromatic carbocycles. The van der Waals surface area contributed by atoms with Crippen LogP contribution in [0.3, 0.4) is 0 Å². The lowest BCUT2D eigenvalue weighted by Crippen LogP contribution is -2.28. The van der Waals surface area contributed by atoms with Gasteiger partial charge < -0.3 is 5.32 Å². The van der Waals surface area contributed by atoms with E-state index in [9.17, 15) is 9.59 Å². The summed E-state index contributed by atoms with van der Waals surface area (Å²) in [6.45, 7) is 7.92. The van der Waals surface area contributed by atoms with Gasteiger partial charge in [-0.2, -0.15) is 0 Å². The number of fused-ring (bicyclic) bond motifs is 1. The van der Waals surface area contributed by atoms with Gasteiger partial charge in [-0.25, -0.2) is 0 Å². The summed E-state index contributed by atoms with van der Waals surface area (Å²) in [5.74, 6) is -0.309. The van der Waals surface area contributed by atoms with Crippen LogP contribution in [0.25, 0.3) is 10.8 Å². The first-order valence-electron chi connectivity index (χ1n) is 8.13. The standard InChI is InChI=1S/C21H20N2O2/c1-4-11-23-19(13-16-7-5-6-8-17(16)21(23)25)20(24)22-18-10-9-14(2)12-15(18)3/h4-10,12-13H,1,11H2,2-3H3,(H,22,24). The van der Waals surface area contributed by atoms with E-state index in [0.717, 1.165) is 22.2 Å². The maximum atomic E-state index is 12.8. The fourth-order valence-electron chi connectivity index (χ4n) is 2.94. The van der Waals surface area contributed by atoms with E-state index in [0.29, 0.717) is 11.1 Å². The van der Waals surface area contributed by atoms with Crippen LogP contribution in [0.4, 0.5) is 5.69 Å². The molecule has 0 saturated heterocycles. The van der Waals surface area contributed by atoms with E-state index in [-0.39, 0.29) is 18.0 Å². The summed E-state index contributed by atoms with van der Waals surface area (Å²) in [6.07, 6.45) is 1.62. The topological polar surface area (TPSA) is 51.1 Å². The normalized spacial score (nSPS) is 10.6. The zero-order valence-corrected chi connectivity index (χ0v) is 14.4. The smallest absolute Gasteiger partial charge is 0.272 e. The highest BCUT2D eigenvalue weighted by atomic mass is 16.2. The summed E-state index contributed by atoms with van der Waals surface area (Å²) in [5, 5.41) is 4.25. The van der Waals surface area contributed by atoms with E-state index >= 15 is 0 Å². The molecule has 3 rings (SSSR count). The number of aromatic nitrogens is 1. The number of anilines is 1. The van der Waals surface area contributed by atoms with Crippen LogP contribution >= 0.6 is 0 Å². The van der Waals surface area contributed by atoms with Crippen molar-refractivity contribution in [3.05, 3.63) is 88.4 Å². The van der Waals surface area contributed by atoms with Crippen molar-refractivity contribution in [1.29, 1.82) is 0 Å². The van der Waals surface area contributed by atoms with Crippen LogP contribution in [0.2, 0.25) is 0 Å². The molecule has 25 heavy (non-hydrogen) atoms. The van der Waals surface area contributed by atoms with Crippen molar-refractivity contribution in [3.63, 3.8) is 0 Å². The third-order valence-electron chi connectivity index (χ3n) is 4.19. The number of allylic oxidation sites excluding steroid dienone is 1. The van der Waals surface area contributed by atoms with Crippen molar-refractivity contribution in [2.45, 2.75) is 20.4 Å². The van der Waals surface area contributed by atoms with Gasteiger partial charge >= 0.3 is 0 Å². The SMILES string of the molecule is C=CCn1c(C(=O)Nc2ccc(C)cc2C)cc2ccccc2c1=O. The second-order valence-electron chi connectivity index (χ2n) is 6.09. The molecule has 4 nitrogen and oxygen atoms in total. The molecule has 0 aliphatic heterocycles. The lowest BCUT2D eigenvalue weighted by molar-refractivity contribution is 0.101. The first-order valence-corrected chi connectivity index (χ1v) is 8.13. The number of hydrogen-bond donors (Lipinski definition) is 1. The van der Waals surface area contributed by atoms with Crippen molar-refractivity contribution in [1.82, 2.24) is 4.57 Å². The number of nitrogens with zero attached hydrogens (tertiary/aromatic N) is 1. The Morgan fingerprint density at radius 2 is 1.92 bits per heavy atom. The quantitative estimate of drug-likeness (QED) is 0.733. The third-order valence-corrected chi connectivity index (χ3v) is 4.19. The monoisotopic (exact) mass is 332 g/mol. The van der Waals surface area contributed by atoms with Gasteiger partial charge in [0, 0.05) is 17.6 Å². The number of benzene rings is 2. The lowest BCUT2D eigenvalue weighted by atomic mass is 10.1. The van der Waals surface area contributed by atoms with Crippen molar-refractivity contribution >= 4 is 22.4 Å². The molecule has 126 valence electrons. The van der Waals surface area contributed by atoms with E-state index in [4.69, 9.17) is 0 Å². The summed E-state index contributed by atoms with van der Waals surface area (Å²) < 4.78 is 1.45. The Morgan fingerprint density at radius 3 is 2.64 bits per heavy atom. The van der Waals surface area contributed by atoms with Crippen LogP contribution in [0, 0.1) is 13.8 Å². The molecule has 0 bridgehead atoms. The largest absolute Gasteiger partial charge is 0.320 e. The fraction of sp³-hybridized carbons (Fsp3) is 0.143. The highest BCUT2D eigenvalue weighted by molar-refractivity contribution is 6.05. The molecule has 0 spiro atoms. The zero-order valence-electron chi connectivity index (χ0n) is 14.4. The Morgan fingerprint density at radius 1 is 1.16 bits per heavy atom. The minimum Gasteiger partial charge on any atom is -0.320 e. The molecule has 0 unspecified atom stereocenters. The molecule has 1 N–H and O–H groups in total. The van der Waals surface area contributed by atoms with Gasteiger partial charge in [0.2, 0.25) is 0 Å². The van der Waals surface area contributed by atoms with Gasteiger partial charge in [0.1, 0.15) is 5.69 Å². The number of hydrogen-bond acceptors (Lipinski definition) is 2. The molecular formula is C21H20N2O2. The Balaban J connectivity index is 2.10. The first-order chi connectivity index (χ1) is 12.0. The average molecular weight is 332 g/mol. The maximum Gasteiger partial charge on any atom is 0.272 e. The molecule has 0 fully saturated rings. The molecule has 0 radical (unpaired) electrons. The van der Waals surface area contributed by atoms with Gasteiger partial charge in [-0.3, -0.25) is 14.2 Å². The number of amides is 1.